The second-order valence-electron chi connectivity index (χ2n) is 11.2. The number of rotatable bonds is 11. The van der Waals surface area contributed by atoms with Gasteiger partial charge in [0.25, 0.3) is 11.8 Å². The average molecular weight is 590 g/mol. The highest BCUT2D eigenvalue weighted by Gasteiger charge is 2.24. The summed E-state index contributed by atoms with van der Waals surface area (Å²) in [5, 5.41) is 4.89. The second-order valence-corrected chi connectivity index (χ2v) is 11.2. The molecule has 0 saturated carbocycles. The third-order valence-electron chi connectivity index (χ3n) is 8.23. The minimum absolute atomic E-state index is 0.0166. The lowest BCUT2D eigenvalue weighted by Crippen LogP contribution is -2.38. The third-order valence-corrected chi connectivity index (χ3v) is 8.23. The summed E-state index contributed by atoms with van der Waals surface area (Å²) in [4.78, 5) is 32.4. The van der Waals surface area contributed by atoms with Crippen LogP contribution in [0.15, 0.2) is 59.6 Å². The molecule has 2 aliphatic heterocycles. The molecule has 3 aromatic rings. The standard InChI is InChI=1S/C34H37F2N3O4/c1-22-28(33(40)37-16-19-42-2)11-13-32-29(22)20-25(38-32)5-3-4-23-14-17-39(18-15-23)34(41)24-6-8-26(9-7-24)43-27-10-12-30(35)31(36)21-27/h6-13,20-21,23,25H,3-5,14-19H2,1-2H3,(H,37,40). The molecule has 2 heterocycles. The van der Waals surface area contributed by atoms with E-state index in [-0.39, 0.29) is 23.6 Å². The van der Waals surface area contributed by atoms with Crippen molar-refractivity contribution in [1.82, 2.24) is 10.2 Å². The molecule has 1 unspecified atom stereocenters. The van der Waals surface area contributed by atoms with E-state index >= 15 is 0 Å². The first kappa shape index (κ1) is 30.4. The number of likely N-dealkylation sites (tertiary alicyclic amines) is 1. The number of nitrogens with one attached hydrogen (secondary N) is 1. The summed E-state index contributed by atoms with van der Waals surface area (Å²) in [5.41, 5.74) is 2.20. The smallest absolute Gasteiger partial charge is 0.253 e. The Hall–Kier alpha value is -4.11. The number of carbonyl (C=O) groups excluding carboxylic acids is 2. The second kappa shape index (κ2) is 13.9. The van der Waals surface area contributed by atoms with Gasteiger partial charge in [0.2, 0.25) is 0 Å². The number of hydrogen-bond donors (Lipinski definition) is 1. The van der Waals surface area contributed by atoms with Crippen LogP contribution in [0.3, 0.4) is 0 Å². The number of halogens is 2. The topological polar surface area (TPSA) is 80.2 Å². The van der Waals surface area contributed by atoms with Crippen molar-refractivity contribution in [2.75, 3.05) is 33.4 Å². The first-order chi connectivity index (χ1) is 20.8. The molecule has 0 radical (unpaired) electrons. The predicted molar refractivity (Wildman–Crippen MR) is 160 cm³/mol. The Labute approximate surface area is 250 Å². The number of amides is 2. The zero-order valence-corrected chi connectivity index (χ0v) is 24.6. The maximum Gasteiger partial charge on any atom is 0.253 e. The molecule has 9 heteroatoms. The monoisotopic (exact) mass is 589 g/mol. The number of ether oxygens (including phenoxy) is 2. The summed E-state index contributed by atoms with van der Waals surface area (Å²) >= 11 is 0. The van der Waals surface area contributed by atoms with Crippen molar-refractivity contribution in [3.05, 3.63) is 93.5 Å². The molecule has 3 aromatic carbocycles. The molecule has 5 rings (SSSR count). The molecule has 7 nitrogen and oxygen atoms in total. The minimum Gasteiger partial charge on any atom is -0.457 e. The maximum absolute atomic E-state index is 13.4. The molecule has 0 bridgehead atoms. The molecule has 2 aliphatic rings. The van der Waals surface area contributed by atoms with Gasteiger partial charge >= 0.3 is 0 Å². The zero-order valence-electron chi connectivity index (χ0n) is 24.6. The van der Waals surface area contributed by atoms with Gasteiger partial charge in [0.05, 0.1) is 18.0 Å². The number of piperidine rings is 1. The zero-order chi connectivity index (χ0) is 30.3. The Morgan fingerprint density at radius 1 is 0.977 bits per heavy atom. The number of fused-ring (bicyclic) bond motifs is 1. The van der Waals surface area contributed by atoms with Crippen LogP contribution in [-0.2, 0) is 4.74 Å². The highest BCUT2D eigenvalue weighted by atomic mass is 19.2. The van der Waals surface area contributed by atoms with Gasteiger partial charge < -0.3 is 19.7 Å². The molecular weight excluding hydrogens is 552 g/mol. The lowest BCUT2D eigenvalue weighted by molar-refractivity contribution is 0.0685. The fourth-order valence-corrected chi connectivity index (χ4v) is 5.77. The van der Waals surface area contributed by atoms with E-state index in [0.29, 0.717) is 35.9 Å². The Morgan fingerprint density at radius 3 is 2.44 bits per heavy atom. The van der Waals surface area contributed by atoms with Crippen LogP contribution in [0.4, 0.5) is 8.78 Å². The van der Waals surface area contributed by atoms with Crippen molar-refractivity contribution in [2.45, 2.75) is 45.1 Å². The van der Waals surface area contributed by atoms with Crippen LogP contribution in [0, 0.1) is 24.5 Å². The van der Waals surface area contributed by atoms with E-state index in [0.717, 1.165) is 73.5 Å². The molecule has 0 aliphatic carbocycles. The lowest BCUT2D eigenvalue weighted by Gasteiger charge is -2.32. The SMILES string of the molecule is COCCNC(=O)c1ccc2c(c1C)=CC(CCCC1CCN(C(=O)c3ccc(Oc4ccc(F)c(F)c4)cc3)CC1)N=2. The molecular formula is C34H37F2N3O4. The molecule has 1 N–H and O–H groups in total. The fraction of sp³-hybridized carbons (Fsp3) is 0.382. The van der Waals surface area contributed by atoms with E-state index in [4.69, 9.17) is 14.5 Å². The van der Waals surface area contributed by atoms with Crippen LogP contribution in [0.25, 0.3) is 6.08 Å². The van der Waals surface area contributed by atoms with Gasteiger partial charge in [0, 0.05) is 49.2 Å². The number of benzene rings is 3. The Morgan fingerprint density at radius 2 is 1.72 bits per heavy atom. The van der Waals surface area contributed by atoms with Gasteiger partial charge in [-0.3, -0.25) is 14.6 Å². The van der Waals surface area contributed by atoms with E-state index in [1.807, 2.05) is 24.0 Å². The fourth-order valence-electron chi connectivity index (χ4n) is 5.77. The minimum atomic E-state index is -0.976. The van der Waals surface area contributed by atoms with Crippen LogP contribution in [0.2, 0.25) is 0 Å². The van der Waals surface area contributed by atoms with Gasteiger partial charge in [-0.05, 0) is 86.2 Å². The molecule has 43 heavy (non-hydrogen) atoms. The maximum atomic E-state index is 13.4. The molecule has 226 valence electrons. The summed E-state index contributed by atoms with van der Waals surface area (Å²) < 4.78 is 37.2. The number of nitrogens with zero attached hydrogens (tertiary/aromatic N) is 2. The van der Waals surface area contributed by atoms with E-state index in [9.17, 15) is 18.4 Å². The molecule has 1 saturated heterocycles. The predicted octanol–water partition coefficient (Wildman–Crippen LogP) is 4.95. The van der Waals surface area contributed by atoms with Crippen molar-refractivity contribution in [2.24, 2.45) is 10.9 Å². The number of hydrogen-bond acceptors (Lipinski definition) is 5. The van der Waals surface area contributed by atoms with Crippen molar-refractivity contribution in [3.63, 3.8) is 0 Å². The molecule has 1 atom stereocenters. The first-order valence-corrected chi connectivity index (χ1v) is 14.8. The number of methoxy groups -OCH3 is 1. The van der Waals surface area contributed by atoms with E-state index in [2.05, 4.69) is 11.4 Å². The van der Waals surface area contributed by atoms with E-state index < -0.39 is 11.6 Å². The lowest BCUT2D eigenvalue weighted by atomic mass is 9.90. The quantitative estimate of drug-likeness (QED) is 0.321. The molecule has 0 aromatic heterocycles. The highest BCUT2D eigenvalue weighted by Crippen LogP contribution is 2.27. The van der Waals surface area contributed by atoms with E-state index in [1.165, 1.54) is 6.07 Å². The van der Waals surface area contributed by atoms with Gasteiger partial charge in [-0.2, -0.15) is 0 Å². The van der Waals surface area contributed by atoms with Crippen LogP contribution in [0.1, 0.15) is 58.4 Å². The summed E-state index contributed by atoms with van der Waals surface area (Å²) in [6.45, 7) is 4.37. The number of carbonyl (C=O) groups is 2. The first-order valence-electron chi connectivity index (χ1n) is 14.8. The van der Waals surface area contributed by atoms with Crippen LogP contribution in [0.5, 0.6) is 11.5 Å². The highest BCUT2D eigenvalue weighted by molar-refractivity contribution is 5.95. The Kier molecular flexibility index (Phi) is 9.82. The van der Waals surface area contributed by atoms with Crippen molar-refractivity contribution in [1.29, 1.82) is 0 Å². The summed E-state index contributed by atoms with van der Waals surface area (Å²) in [6.07, 6.45) is 7.24. The Bertz CT molecular complexity index is 1580. The third kappa shape index (κ3) is 7.46. The van der Waals surface area contributed by atoms with Crippen LogP contribution < -0.4 is 20.6 Å². The summed E-state index contributed by atoms with van der Waals surface area (Å²) in [6, 6.07) is 14.0. The Balaban J connectivity index is 1.06. The van der Waals surface area contributed by atoms with E-state index in [1.54, 1.807) is 31.4 Å². The molecule has 2 amide bonds. The molecule has 0 spiro atoms. The molecule has 1 fully saturated rings. The average Bonchev–Trinajstić information content (AvgIpc) is 3.44. The van der Waals surface area contributed by atoms with Crippen molar-refractivity contribution >= 4 is 17.9 Å². The van der Waals surface area contributed by atoms with Crippen molar-refractivity contribution < 1.29 is 27.8 Å². The normalized spacial score (nSPS) is 16.3. The van der Waals surface area contributed by atoms with Gasteiger partial charge in [0.1, 0.15) is 11.5 Å². The van der Waals surface area contributed by atoms with Gasteiger partial charge in [0.15, 0.2) is 11.6 Å². The van der Waals surface area contributed by atoms with Gasteiger partial charge in [-0.1, -0.05) is 18.9 Å². The van der Waals surface area contributed by atoms with Crippen molar-refractivity contribution in [3.8, 4) is 11.5 Å². The summed E-state index contributed by atoms with van der Waals surface area (Å²) in [5.74, 6) is -0.819. The van der Waals surface area contributed by atoms with Gasteiger partial charge in [-0.25, -0.2) is 8.78 Å². The van der Waals surface area contributed by atoms with Crippen LogP contribution >= 0.6 is 0 Å². The van der Waals surface area contributed by atoms with Gasteiger partial charge in [-0.15, -0.1) is 0 Å². The largest absolute Gasteiger partial charge is 0.457 e. The van der Waals surface area contributed by atoms with Crippen LogP contribution in [-0.4, -0.2) is 56.1 Å². The summed E-state index contributed by atoms with van der Waals surface area (Å²) in [7, 11) is 1.61.